The first-order chi connectivity index (χ1) is 25.6. The molecule has 0 aliphatic carbocycles. The maximum atomic E-state index is 6.70. The lowest BCUT2D eigenvalue weighted by Gasteiger charge is -2.22. The van der Waals surface area contributed by atoms with Crippen molar-refractivity contribution in [2.75, 3.05) is 0 Å². The van der Waals surface area contributed by atoms with Crippen LogP contribution in [0.1, 0.15) is 0 Å². The van der Waals surface area contributed by atoms with Crippen molar-refractivity contribution < 1.29 is 4.42 Å². The number of aromatic nitrogens is 3. The third kappa shape index (κ3) is 4.70. The summed E-state index contributed by atoms with van der Waals surface area (Å²) in [5.41, 5.74) is 11.8. The van der Waals surface area contributed by atoms with Gasteiger partial charge in [-0.3, -0.25) is 0 Å². The topological polar surface area (TPSA) is 51.8 Å². The fraction of sp³-hybridized carbons (Fsp3) is 0.0426. The van der Waals surface area contributed by atoms with E-state index in [0.717, 1.165) is 49.8 Å². The van der Waals surface area contributed by atoms with E-state index in [1.165, 1.54) is 32.6 Å². The van der Waals surface area contributed by atoms with Crippen LogP contribution < -0.4 is 10.4 Å². The first-order valence-electron chi connectivity index (χ1n) is 17.7. The monoisotopic (exact) mass is 683 g/mol. The maximum absolute atomic E-state index is 6.70. The minimum absolute atomic E-state index is 0.590. The molecule has 0 radical (unpaired) electrons. The van der Waals surface area contributed by atoms with Crippen LogP contribution >= 0.6 is 0 Å². The van der Waals surface area contributed by atoms with Gasteiger partial charge in [-0.2, -0.15) is 0 Å². The van der Waals surface area contributed by atoms with Crippen LogP contribution in [0, 0.1) is 0 Å². The normalized spacial score (nSPS) is 13.0. The molecule has 0 unspecified atom stereocenters. The van der Waals surface area contributed by atoms with Gasteiger partial charge in [0.25, 0.3) is 0 Å². The number of benzene rings is 7. The smallest absolute Gasteiger partial charge is 0.167 e. The van der Waals surface area contributed by atoms with E-state index in [0.29, 0.717) is 17.5 Å². The molecule has 3 heterocycles. The summed E-state index contributed by atoms with van der Waals surface area (Å²) < 4.78 is 6.70. The standard InChI is InChI=1S/C47H33N3OSi/c1-52(2)40-29-15-23-34(31-18-8-4-9-19-31)42(40)36-25-13-27-38(44(36)52)47-49-45(32-20-10-5-11-21-32)48-46(50-47)37-26-12-24-35-41-33(30-16-6-3-7-17-30)22-14-28-39(41)51-43(35)37/h3-29H,1-2H3. The van der Waals surface area contributed by atoms with Gasteiger partial charge in [0.1, 0.15) is 19.2 Å². The Morgan fingerprint density at radius 1 is 0.423 bits per heavy atom. The van der Waals surface area contributed by atoms with E-state index >= 15 is 0 Å². The molecule has 0 N–H and O–H groups in total. The second-order valence-corrected chi connectivity index (χ2v) is 18.2. The molecule has 246 valence electrons. The van der Waals surface area contributed by atoms with Crippen molar-refractivity contribution in [3.8, 4) is 67.5 Å². The molecule has 0 bridgehead atoms. The molecule has 4 nitrogen and oxygen atoms in total. The van der Waals surface area contributed by atoms with Crippen molar-refractivity contribution in [2.45, 2.75) is 13.1 Å². The quantitative estimate of drug-likeness (QED) is 0.169. The van der Waals surface area contributed by atoms with Crippen molar-refractivity contribution >= 4 is 40.4 Å². The minimum Gasteiger partial charge on any atom is -0.455 e. The first-order valence-corrected chi connectivity index (χ1v) is 20.7. The Bertz CT molecular complexity index is 2810. The van der Waals surface area contributed by atoms with E-state index in [-0.39, 0.29) is 0 Å². The van der Waals surface area contributed by atoms with Gasteiger partial charge in [0, 0.05) is 21.9 Å². The Labute approximate surface area is 303 Å². The predicted octanol–water partition coefficient (Wildman–Crippen LogP) is 10.9. The SMILES string of the molecule is C[Si]1(C)c2cccc(-c3ccccc3)c2-c2cccc(-c3nc(-c4ccccc4)nc(-c4cccc5c4oc4cccc(-c6ccccc6)c45)n3)c21. The van der Waals surface area contributed by atoms with Crippen molar-refractivity contribution in [3.63, 3.8) is 0 Å². The molecule has 0 amide bonds. The summed E-state index contributed by atoms with van der Waals surface area (Å²) in [5, 5.41) is 4.92. The highest BCUT2D eigenvalue weighted by molar-refractivity contribution is 7.04. The second kappa shape index (κ2) is 11.8. The molecule has 0 saturated heterocycles. The van der Waals surface area contributed by atoms with Gasteiger partial charge in [-0.1, -0.05) is 165 Å². The highest BCUT2D eigenvalue weighted by atomic mass is 28.3. The Morgan fingerprint density at radius 3 is 1.67 bits per heavy atom. The fourth-order valence-electron chi connectivity index (χ4n) is 8.19. The average Bonchev–Trinajstić information content (AvgIpc) is 3.71. The average molecular weight is 684 g/mol. The van der Waals surface area contributed by atoms with Gasteiger partial charge < -0.3 is 4.42 Å². The largest absolute Gasteiger partial charge is 0.455 e. The van der Waals surface area contributed by atoms with E-state index in [1.54, 1.807) is 0 Å². The van der Waals surface area contributed by atoms with E-state index in [1.807, 2.05) is 30.3 Å². The van der Waals surface area contributed by atoms with Gasteiger partial charge >= 0.3 is 0 Å². The van der Waals surface area contributed by atoms with Crippen LogP contribution in [0.5, 0.6) is 0 Å². The van der Waals surface area contributed by atoms with Gasteiger partial charge in [-0.15, -0.1) is 0 Å². The lowest BCUT2D eigenvalue weighted by atomic mass is 9.94. The molecule has 9 aromatic rings. The highest BCUT2D eigenvalue weighted by Gasteiger charge is 2.41. The van der Waals surface area contributed by atoms with Gasteiger partial charge in [0.15, 0.2) is 17.5 Å². The molecular weight excluding hydrogens is 651 g/mol. The molecule has 2 aromatic heterocycles. The number of rotatable bonds is 5. The van der Waals surface area contributed by atoms with Crippen molar-refractivity contribution in [1.29, 1.82) is 0 Å². The Hall–Kier alpha value is -6.43. The molecular formula is C47H33N3OSi. The summed E-state index contributed by atoms with van der Waals surface area (Å²) in [6.07, 6.45) is 0. The zero-order chi connectivity index (χ0) is 34.8. The molecule has 5 heteroatoms. The number of hydrogen-bond acceptors (Lipinski definition) is 4. The lowest BCUT2D eigenvalue weighted by molar-refractivity contribution is 0.669. The molecule has 1 aliphatic heterocycles. The van der Waals surface area contributed by atoms with Gasteiger partial charge in [-0.05, 0) is 55.9 Å². The van der Waals surface area contributed by atoms with Crippen molar-refractivity contribution in [1.82, 2.24) is 15.0 Å². The molecule has 0 saturated carbocycles. The predicted molar refractivity (Wildman–Crippen MR) is 216 cm³/mol. The van der Waals surface area contributed by atoms with Crippen molar-refractivity contribution in [2.24, 2.45) is 0 Å². The van der Waals surface area contributed by atoms with E-state index in [4.69, 9.17) is 19.4 Å². The summed E-state index contributed by atoms with van der Waals surface area (Å²) in [7, 11) is -2.19. The van der Waals surface area contributed by atoms with Crippen LogP contribution in [0.3, 0.4) is 0 Å². The summed E-state index contributed by atoms with van der Waals surface area (Å²) in [4.78, 5) is 15.7. The Kier molecular flexibility index (Phi) is 6.91. The maximum Gasteiger partial charge on any atom is 0.167 e. The fourth-order valence-corrected chi connectivity index (χ4v) is 11.6. The zero-order valence-electron chi connectivity index (χ0n) is 28.8. The van der Waals surface area contributed by atoms with Crippen molar-refractivity contribution in [3.05, 3.63) is 164 Å². The van der Waals surface area contributed by atoms with Gasteiger partial charge in [0.2, 0.25) is 0 Å². The van der Waals surface area contributed by atoms with Crippen LogP contribution in [0.2, 0.25) is 13.1 Å². The highest BCUT2D eigenvalue weighted by Crippen LogP contribution is 2.42. The van der Waals surface area contributed by atoms with Crippen LogP contribution in [0.25, 0.3) is 89.5 Å². The van der Waals surface area contributed by atoms with E-state index in [2.05, 4.69) is 147 Å². The number of hydrogen-bond donors (Lipinski definition) is 0. The summed E-state index contributed by atoms with van der Waals surface area (Å²) in [5.74, 6) is 1.90. The number of para-hydroxylation sites is 1. The van der Waals surface area contributed by atoms with Crippen LogP contribution in [-0.4, -0.2) is 23.0 Å². The summed E-state index contributed by atoms with van der Waals surface area (Å²) >= 11 is 0. The van der Waals surface area contributed by atoms with Crippen LogP contribution in [-0.2, 0) is 0 Å². The molecule has 10 rings (SSSR count). The molecule has 7 aromatic carbocycles. The second-order valence-electron chi connectivity index (χ2n) is 13.9. The van der Waals surface area contributed by atoms with Gasteiger partial charge in [0.05, 0.1) is 5.56 Å². The molecule has 0 fully saturated rings. The number of fused-ring (bicyclic) bond motifs is 6. The molecule has 0 spiro atoms. The number of nitrogens with zero attached hydrogens (tertiary/aromatic N) is 3. The van der Waals surface area contributed by atoms with E-state index in [9.17, 15) is 0 Å². The Balaban J connectivity index is 1.21. The number of furan rings is 1. The zero-order valence-corrected chi connectivity index (χ0v) is 29.8. The summed E-state index contributed by atoms with van der Waals surface area (Å²) in [6.45, 7) is 4.91. The first kappa shape index (κ1) is 30.4. The lowest BCUT2D eigenvalue weighted by Crippen LogP contribution is -2.50. The molecule has 52 heavy (non-hydrogen) atoms. The molecule has 1 aliphatic rings. The van der Waals surface area contributed by atoms with E-state index < -0.39 is 8.07 Å². The van der Waals surface area contributed by atoms with Crippen LogP contribution in [0.4, 0.5) is 0 Å². The summed E-state index contributed by atoms with van der Waals surface area (Å²) in [6, 6.07) is 57.4. The minimum atomic E-state index is -2.19. The van der Waals surface area contributed by atoms with Crippen LogP contribution in [0.15, 0.2) is 168 Å². The van der Waals surface area contributed by atoms with Gasteiger partial charge in [-0.25, -0.2) is 15.0 Å². The Morgan fingerprint density at radius 2 is 0.942 bits per heavy atom. The molecule has 0 atom stereocenters. The third-order valence-electron chi connectivity index (χ3n) is 10.5. The third-order valence-corrected chi connectivity index (χ3v) is 14.1.